The maximum Gasteiger partial charge on any atom is 0.306 e. The van der Waals surface area contributed by atoms with Crippen molar-refractivity contribution in [1.29, 1.82) is 0 Å². The zero-order valence-corrected chi connectivity index (χ0v) is 16.7. The van der Waals surface area contributed by atoms with Gasteiger partial charge in [-0.25, -0.2) is 0 Å². The van der Waals surface area contributed by atoms with Crippen molar-refractivity contribution in [1.82, 2.24) is 4.90 Å². The number of benzene rings is 1. The van der Waals surface area contributed by atoms with Gasteiger partial charge < -0.3 is 18.9 Å². The molecule has 0 amide bonds. The van der Waals surface area contributed by atoms with E-state index in [2.05, 4.69) is 4.90 Å². The number of carbonyl (C=O) groups is 2. The molecule has 0 aromatic heterocycles. The van der Waals surface area contributed by atoms with Gasteiger partial charge in [0.05, 0.1) is 0 Å². The van der Waals surface area contributed by atoms with Crippen molar-refractivity contribution in [2.24, 2.45) is 0 Å². The normalized spacial score (nSPS) is 29.0. The van der Waals surface area contributed by atoms with Crippen LogP contribution in [0.5, 0.6) is 11.5 Å². The molecule has 7 heteroatoms. The van der Waals surface area contributed by atoms with Crippen molar-refractivity contribution >= 4 is 11.9 Å². The Morgan fingerprint density at radius 2 is 2.00 bits per heavy atom. The van der Waals surface area contributed by atoms with Crippen LogP contribution in [0.4, 0.5) is 0 Å². The van der Waals surface area contributed by atoms with Gasteiger partial charge in [-0.3, -0.25) is 14.5 Å². The molecule has 0 N–H and O–H groups in total. The number of hydrogen-bond acceptors (Lipinski definition) is 7. The van der Waals surface area contributed by atoms with Crippen LogP contribution in [0.25, 0.3) is 0 Å². The average molecular weight is 399 g/mol. The molecule has 4 atom stereocenters. The van der Waals surface area contributed by atoms with Gasteiger partial charge in [0.1, 0.15) is 0 Å². The lowest BCUT2D eigenvalue weighted by Gasteiger charge is -2.46. The van der Waals surface area contributed by atoms with E-state index < -0.39 is 12.2 Å². The van der Waals surface area contributed by atoms with Crippen molar-refractivity contribution in [3.63, 3.8) is 0 Å². The fourth-order valence-electron chi connectivity index (χ4n) is 5.16. The van der Waals surface area contributed by atoms with E-state index in [-0.39, 0.29) is 30.7 Å². The summed E-state index contributed by atoms with van der Waals surface area (Å²) in [4.78, 5) is 26.7. The summed E-state index contributed by atoms with van der Waals surface area (Å²) in [6.07, 6.45) is 2.86. The van der Waals surface area contributed by atoms with Crippen LogP contribution in [0.15, 0.2) is 23.8 Å². The molecule has 0 saturated carbocycles. The lowest BCUT2D eigenvalue weighted by atomic mass is 9.73. The molecule has 3 heterocycles. The predicted molar refractivity (Wildman–Crippen MR) is 103 cm³/mol. The number of rotatable bonds is 4. The van der Waals surface area contributed by atoms with Crippen molar-refractivity contribution in [2.75, 3.05) is 13.3 Å². The van der Waals surface area contributed by atoms with Gasteiger partial charge in [-0.15, -0.1) is 0 Å². The number of esters is 2. The smallest absolute Gasteiger partial charge is 0.306 e. The van der Waals surface area contributed by atoms with Gasteiger partial charge in [-0.1, -0.05) is 12.5 Å². The summed E-state index contributed by atoms with van der Waals surface area (Å²) >= 11 is 0. The molecule has 1 fully saturated rings. The van der Waals surface area contributed by atoms with Crippen LogP contribution in [0.2, 0.25) is 0 Å². The molecule has 5 rings (SSSR count). The van der Waals surface area contributed by atoms with Gasteiger partial charge in [-0.2, -0.15) is 0 Å². The van der Waals surface area contributed by atoms with Gasteiger partial charge in [0, 0.05) is 38.4 Å². The third kappa shape index (κ3) is 3.08. The molecule has 0 radical (unpaired) electrons. The first-order valence-corrected chi connectivity index (χ1v) is 10.3. The minimum atomic E-state index is -0.578. The molecule has 1 unspecified atom stereocenters. The summed E-state index contributed by atoms with van der Waals surface area (Å²) in [6, 6.07) is 4.20. The summed E-state index contributed by atoms with van der Waals surface area (Å²) in [6.45, 7) is 5.31. The van der Waals surface area contributed by atoms with Crippen LogP contribution >= 0.6 is 0 Å². The number of fused-ring (bicyclic) bond motifs is 3. The van der Waals surface area contributed by atoms with E-state index in [1.807, 2.05) is 25.1 Å². The predicted octanol–water partition coefficient (Wildman–Crippen LogP) is 2.67. The molecule has 1 aromatic rings. The standard InChI is InChI=1S/C22H25NO6/c1-3-4-19(25)29-18-7-13-5-6-23-10-14-8-16-17(27-11-26-16)9-15(14)20(21(13)23)22(18)28-12(2)24/h7-9,18,20-22H,3-6,10-11H2,1-2H3/t18-,20-,21?,22+/m0/s1. The Labute approximate surface area is 169 Å². The monoisotopic (exact) mass is 399 g/mol. The second-order valence-electron chi connectivity index (χ2n) is 8.12. The first kappa shape index (κ1) is 18.5. The largest absolute Gasteiger partial charge is 0.458 e. The lowest BCUT2D eigenvalue weighted by molar-refractivity contribution is -0.167. The topological polar surface area (TPSA) is 74.3 Å². The van der Waals surface area contributed by atoms with Gasteiger partial charge in [0.25, 0.3) is 0 Å². The second-order valence-corrected chi connectivity index (χ2v) is 8.12. The summed E-state index contributed by atoms with van der Waals surface area (Å²) < 4.78 is 22.8. The fraction of sp³-hybridized carbons (Fsp3) is 0.545. The van der Waals surface area contributed by atoms with Gasteiger partial charge in [0.2, 0.25) is 6.79 Å². The highest BCUT2D eigenvalue weighted by atomic mass is 16.7. The summed E-state index contributed by atoms with van der Waals surface area (Å²) in [5.74, 6) is 0.719. The highest BCUT2D eigenvalue weighted by molar-refractivity contribution is 5.70. The maximum absolute atomic E-state index is 12.3. The summed E-state index contributed by atoms with van der Waals surface area (Å²) in [5, 5.41) is 0. The molecule has 1 saturated heterocycles. The Morgan fingerprint density at radius 1 is 1.21 bits per heavy atom. The second kappa shape index (κ2) is 7.06. The number of carbonyl (C=O) groups excluding carboxylic acids is 2. The highest BCUT2D eigenvalue weighted by Crippen LogP contribution is 2.50. The van der Waals surface area contributed by atoms with Gasteiger partial charge >= 0.3 is 11.9 Å². The average Bonchev–Trinajstić information content (AvgIpc) is 3.29. The third-order valence-corrected chi connectivity index (χ3v) is 6.25. The summed E-state index contributed by atoms with van der Waals surface area (Å²) in [5.41, 5.74) is 3.50. The van der Waals surface area contributed by atoms with Crippen LogP contribution in [0, 0.1) is 0 Å². The third-order valence-electron chi connectivity index (χ3n) is 6.25. The lowest BCUT2D eigenvalue weighted by Crippen LogP contribution is -2.52. The first-order valence-electron chi connectivity index (χ1n) is 10.3. The Morgan fingerprint density at radius 3 is 2.76 bits per heavy atom. The molecule has 3 aliphatic heterocycles. The van der Waals surface area contributed by atoms with Crippen molar-refractivity contribution in [3.8, 4) is 11.5 Å². The zero-order valence-electron chi connectivity index (χ0n) is 16.7. The molecule has 0 spiro atoms. The molecule has 29 heavy (non-hydrogen) atoms. The van der Waals surface area contributed by atoms with Crippen LogP contribution < -0.4 is 9.47 Å². The van der Waals surface area contributed by atoms with Crippen molar-refractivity contribution < 1.29 is 28.5 Å². The highest BCUT2D eigenvalue weighted by Gasteiger charge is 2.52. The Bertz CT molecular complexity index is 894. The SMILES string of the molecule is CCCC(=O)O[C@H]1C=C2CCN3Cc4cc5c(cc4[C@@H](C23)[C@@H]1OC(C)=O)OCO5. The van der Waals surface area contributed by atoms with Crippen molar-refractivity contribution in [3.05, 3.63) is 34.9 Å². The van der Waals surface area contributed by atoms with Crippen LogP contribution in [0.3, 0.4) is 0 Å². The maximum atomic E-state index is 12.3. The molecular weight excluding hydrogens is 374 g/mol. The fourth-order valence-corrected chi connectivity index (χ4v) is 5.16. The number of hydrogen-bond donors (Lipinski definition) is 0. The van der Waals surface area contributed by atoms with Crippen molar-refractivity contribution in [2.45, 2.75) is 63.8 Å². The Kier molecular flexibility index (Phi) is 4.50. The van der Waals surface area contributed by atoms with E-state index in [0.29, 0.717) is 18.6 Å². The van der Waals surface area contributed by atoms with Crippen LogP contribution in [-0.2, 0) is 25.6 Å². The molecule has 7 nitrogen and oxygen atoms in total. The van der Waals surface area contributed by atoms with Gasteiger partial charge in [0.15, 0.2) is 23.7 Å². The molecule has 154 valence electrons. The van der Waals surface area contributed by atoms with E-state index in [4.69, 9.17) is 18.9 Å². The minimum absolute atomic E-state index is 0.112. The van der Waals surface area contributed by atoms with E-state index in [1.165, 1.54) is 12.5 Å². The molecule has 1 aromatic carbocycles. The van der Waals surface area contributed by atoms with Crippen LogP contribution in [0.1, 0.15) is 50.2 Å². The number of ether oxygens (including phenoxy) is 4. The molecule has 1 aliphatic carbocycles. The zero-order chi connectivity index (χ0) is 20.1. The van der Waals surface area contributed by atoms with Crippen LogP contribution in [-0.4, -0.2) is 48.4 Å². The van der Waals surface area contributed by atoms with Gasteiger partial charge in [-0.05, 0) is 42.2 Å². The van der Waals surface area contributed by atoms with E-state index in [0.717, 1.165) is 36.4 Å². The quantitative estimate of drug-likeness (QED) is 0.569. The first-order chi connectivity index (χ1) is 14.0. The Balaban J connectivity index is 1.59. The number of nitrogens with zero attached hydrogens (tertiary/aromatic N) is 1. The Hall–Kier alpha value is -2.54. The van der Waals surface area contributed by atoms with E-state index in [9.17, 15) is 9.59 Å². The summed E-state index contributed by atoms with van der Waals surface area (Å²) in [7, 11) is 0. The minimum Gasteiger partial charge on any atom is -0.458 e. The van der Waals surface area contributed by atoms with E-state index in [1.54, 1.807) is 0 Å². The molecule has 0 bridgehead atoms. The molecular formula is C22H25NO6. The molecule has 4 aliphatic rings. The van der Waals surface area contributed by atoms with E-state index >= 15 is 0 Å².